The van der Waals surface area contributed by atoms with Crippen molar-refractivity contribution in [3.63, 3.8) is 0 Å². The molecule has 0 atom stereocenters. The Hall–Kier alpha value is -2.52. The Labute approximate surface area is 124 Å². The molecule has 0 aliphatic rings. The number of sulfone groups is 1. The molecule has 0 radical (unpaired) electrons. The molecule has 0 saturated heterocycles. The number of nitriles is 1. The van der Waals surface area contributed by atoms with E-state index in [4.69, 9.17) is 11.0 Å². The number of nitrogen functional groups attached to an aromatic ring is 1. The van der Waals surface area contributed by atoms with Gasteiger partial charge >= 0.3 is 0 Å². The predicted octanol–water partition coefficient (Wildman–Crippen LogP) is 2.31. The molecule has 0 aliphatic carbocycles. The van der Waals surface area contributed by atoms with Crippen molar-refractivity contribution in [3.05, 3.63) is 48.0 Å². The highest BCUT2D eigenvalue weighted by atomic mass is 32.2. The van der Waals surface area contributed by atoms with Gasteiger partial charge in [0.05, 0.1) is 27.9 Å². The maximum absolute atomic E-state index is 11.5. The number of hydrogen-bond acceptors (Lipinski definition) is 5. The maximum Gasteiger partial charge on any atom is 0.175 e. The third-order valence-electron chi connectivity index (χ3n) is 3.15. The van der Waals surface area contributed by atoms with Crippen LogP contribution in [-0.4, -0.2) is 21.7 Å². The van der Waals surface area contributed by atoms with Gasteiger partial charge in [0.25, 0.3) is 0 Å². The molecule has 21 heavy (non-hydrogen) atoms. The fourth-order valence-electron chi connectivity index (χ4n) is 1.99. The summed E-state index contributed by atoms with van der Waals surface area (Å²) in [6.07, 6.45) is 1.14. The van der Waals surface area contributed by atoms with Crippen LogP contribution in [0.4, 0.5) is 17.1 Å². The van der Waals surface area contributed by atoms with Crippen LogP contribution in [0.2, 0.25) is 0 Å². The topological polar surface area (TPSA) is 87.2 Å². The van der Waals surface area contributed by atoms with E-state index in [0.29, 0.717) is 16.9 Å². The summed E-state index contributed by atoms with van der Waals surface area (Å²) in [6.45, 7) is 0. The van der Waals surface area contributed by atoms with Gasteiger partial charge in [-0.2, -0.15) is 5.26 Å². The molecular weight excluding hydrogens is 286 g/mol. The predicted molar refractivity (Wildman–Crippen MR) is 83.2 cm³/mol. The standard InChI is InChI=1S/C15H15N3O2S/c1-18(12-5-3-4-11(8-12)10-16)15-7-6-13(9-14(15)17)21(2,19)20/h3-9H,17H2,1-2H3. The Kier molecular flexibility index (Phi) is 3.87. The van der Waals surface area contributed by atoms with Crippen LogP contribution in [0.1, 0.15) is 5.56 Å². The van der Waals surface area contributed by atoms with Gasteiger partial charge in [-0.25, -0.2) is 8.42 Å². The molecule has 0 fully saturated rings. The van der Waals surface area contributed by atoms with Gasteiger partial charge in [-0.05, 0) is 36.4 Å². The minimum Gasteiger partial charge on any atom is -0.397 e. The van der Waals surface area contributed by atoms with Crippen molar-refractivity contribution in [1.82, 2.24) is 0 Å². The highest BCUT2D eigenvalue weighted by Gasteiger charge is 2.13. The van der Waals surface area contributed by atoms with Gasteiger partial charge in [0.15, 0.2) is 9.84 Å². The van der Waals surface area contributed by atoms with Crippen molar-refractivity contribution in [2.24, 2.45) is 0 Å². The van der Waals surface area contributed by atoms with Crippen LogP contribution in [0.25, 0.3) is 0 Å². The van der Waals surface area contributed by atoms with E-state index in [1.54, 1.807) is 24.3 Å². The summed E-state index contributed by atoms with van der Waals surface area (Å²) in [4.78, 5) is 1.99. The Morgan fingerprint density at radius 1 is 1.19 bits per heavy atom. The van der Waals surface area contributed by atoms with E-state index in [2.05, 4.69) is 6.07 Å². The summed E-state index contributed by atoms with van der Waals surface area (Å²) in [5, 5.41) is 8.94. The fourth-order valence-corrected chi connectivity index (χ4v) is 2.65. The molecule has 0 spiro atoms. The summed E-state index contributed by atoms with van der Waals surface area (Å²) in [5.74, 6) is 0. The zero-order valence-corrected chi connectivity index (χ0v) is 12.6. The molecule has 0 unspecified atom stereocenters. The molecule has 2 aromatic rings. The van der Waals surface area contributed by atoms with E-state index in [-0.39, 0.29) is 4.90 Å². The average molecular weight is 301 g/mol. The molecule has 6 heteroatoms. The Morgan fingerprint density at radius 3 is 2.48 bits per heavy atom. The molecule has 0 bridgehead atoms. The van der Waals surface area contributed by atoms with Crippen LogP contribution in [0, 0.1) is 11.3 Å². The first-order valence-corrected chi connectivity index (χ1v) is 8.05. The quantitative estimate of drug-likeness (QED) is 0.879. The number of nitrogens with two attached hydrogens (primary N) is 1. The van der Waals surface area contributed by atoms with Crippen LogP contribution in [0.5, 0.6) is 0 Å². The lowest BCUT2D eigenvalue weighted by molar-refractivity contribution is 0.602. The molecule has 0 heterocycles. The summed E-state index contributed by atoms with van der Waals surface area (Å²) in [5.41, 5.74) is 8.34. The van der Waals surface area contributed by atoms with Crippen molar-refractivity contribution in [2.75, 3.05) is 23.9 Å². The van der Waals surface area contributed by atoms with E-state index < -0.39 is 9.84 Å². The van der Waals surface area contributed by atoms with Gasteiger partial charge in [-0.15, -0.1) is 0 Å². The molecular formula is C15H15N3O2S. The summed E-state index contributed by atoms with van der Waals surface area (Å²) < 4.78 is 23.0. The molecule has 0 aromatic heterocycles. The lowest BCUT2D eigenvalue weighted by Gasteiger charge is -2.21. The van der Waals surface area contributed by atoms with Gasteiger partial charge in [0.1, 0.15) is 0 Å². The molecule has 2 N–H and O–H groups in total. The second-order valence-corrected chi connectivity index (χ2v) is 6.73. The number of rotatable bonds is 3. The Balaban J connectivity index is 2.44. The number of nitrogens with zero attached hydrogens (tertiary/aromatic N) is 2. The Bertz CT molecular complexity index is 823. The maximum atomic E-state index is 11.5. The lowest BCUT2D eigenvalue weighted by Crippen LogP contribution is -2.12. The molecule has 5 nitrogen and oxygen atoms in total. The third-order valence-corrected chi connectivity index (χ3v) is 4.26. The summed E-state index contributed by atoms with van der Waals surface area (Å²) in [6, 6.07) is 13.8. The zero-order chi connectivity index (χ0) is 15.6. The molecule has 0 aliphatic heterocycles. The van der Waals surface area contributed by atoms with E-state index in [0.717, 1.165) is 11.9 Å². The SMILES string of the molecule is CN(c1cccc(C#N)c1)c1ccc(S(C)(=O)=O)cc1N. The first kappa shape index (κ1) is 14.9. The van der Waals surface area contributed by atoms with Crippen LogP contribution >= 0.6 is 0 Å². The fraction of sp³-hybridized carbons (Fsp3) is 0.133. The van der Waals surface area contributed by atoms with Crippen LogP contribution in [0.15, 0.2) is 47.4 Å². The second-order valence-electron chi connectivity index (χ2n) is 4.71. The van der Waals surface area contributed by atoms with Crippen molar-refractivity contribution >= 4 is 26.9 Å². The molecule has 0 saturated carbocycles. The highest BCUT2D eigenvalue weighted by Crippen LogP contribution is 2.31. The smallest absolute Gasteiger partial charge is 0.175 e. The van der Waals surface area contributed by atoms with E-state index in [1.807, 2.05) is 18.0 Å². The Morgan fingerprint density at radius 2 is 1.90 bits per heavy atom. The summed E-state index contributed by atoms with van der Waals surface area (Å²) >= 11 is 0. The number of hydrogen-bond donors (Lipinski definition) is 1. The van der Waals surface area contributed by atoms with Crippen molar-refractivity contribution in [1.29, 1.82) is 5.26 Å². The van der Waals surface area contributed by atoms with Crippen molar-refractivity contribution in [2.45, 2.75) is 4.90 Å². The van der Waals surface area contributed by atoms with Crippen LogP contribution < -0.4 is 10.6 Å². The molecule has 108 valence electrons. The van der Waals surface area contributed by atoms with Crippen LogP contribution in [0.3, 0.4) is 0 Å². The minimum atomic E-state index is -3.28. The van der Waals surface area contributed by atoms with Gasteiger partial charge in [0, 0.05) is 19.0 Å². The van der Waals surface area contributed by atoms with E-state index in [9.17, 15) is 8.42 Å². The molecule has 2 aromatic carbocycles. The van der Waals surface area contributed by atoms with Crippen molar-refractivity contribution in [3.8, 4) is 6.07 Å². The van der Waals surface area contributed by atoms with Gasteiger partial charge in [-0.3, -0.25) is 0 Å². The third kappa shape index (κ3) is 3.15. The molecule has 0 amide bonds. The highest BCUT2D eigenvalue weighted by molar-refractivity contribution is 7.90. The zero-order valence-electron chi connectivity index (χ0n) is 11.7. The number of anilines is 3. The normalized spacial score (nSPS) is 10.9. The first-order valence-electron chi connectivity index (χ1n) is 6.16. The lowest BCUT2D eigenvalue weighted by atomic mass is 10.2. The van der Waals surface area contributed by atoms with Gasteiger partial charge < -0.3 is 10.6 Å². The van der Waals surface area contributed by atoms with Crippen molar-refractivity contribution < 1.29 is 8.42 Å². The number of benzene rings is 2. The summed E-state index contributed by atoms with van der Waals surface area (Å²) in [7, 11) is -1.48. The molecule has 2 rings (SSSR count). The van der Waals surface area contributed by atoms with Gasteiger partial charge in [0.2, 0.25) is 0 Å². The van der Waals surface area contributed by atoms with E-state index in [1.165, 1.54) is 12.1 Å². The monoisotopic (exact) mass is 301 g/mol. The average Bonchev–Trinajstić information content (AvgIpc) is 2.45. The first-order chi connectivity index (χ1) is 9.82. The second kappa shape index (κ2) is 5.46. The largest absolute Gasteiger partial charge is 0.397 e. The van der Waals surface area contributed by atoms with E-state index >= 15 is 0 Å². The van der Waals surface area contributed by atoms with Crippen LogP contribution in [-0.2, 0) is 9.84 Å². The van der Waals surface area contributed by atoms with Gasteiger partial charge in [-0.1, -0.05) is 6.07 Å². The minimum absolute atomic E-state index is 0.183.